The van der Waals surface area contributed by atoms with Crippen LogP contribution in [0.2, 0.25) is 0 Å². The molecule has 19 heavy (non-hydrogen) atoms. The zero-order chi connectivity index (χ0) is 14.7. The first-order valence-electron chi connectivity index (χ1n) is 6.66. The second kappa shape index (κ2) is 10.8. The topological polar surface area (TPSA) is 67.9 Å². The Kier molecular flexibility index (Phi) is 10.1. The Bertz CT molecular complexity index is 269. The summed E-state index contributed by atoms with van der Waals surface area (Å²) in [5.74, 6) is -0.391. The third-order valence-electron chi connectivity index (χ3n) is 2.56. The fourth-order valence-electron chi connectivity index (χ4n) is 1.48. The second-order valence-electron chi connectivity index (χ2n) is 4.50. The van der Waals surface area contributed by atoms with Gasteiger partial charge in [-0.2, -0.15) is 0 Å². The van der Waals surface area contributed by atoms with Crippen LogP contribution in [0.3, 0.4) is 0 Å². The number of carbonyl (C=O) groups excluding carboxylic acids is 2. The van der Waals surface area contributed by atoms with Gasteiger partial charge in [0.05, 0.1) is 19.7 Å². The summed E-state index contributed by atoms with van der Waals surface area (Å²) in [5.41, 5.74) is 0. The van der Waals surface area contributed by atoms with Crippen LogP contribution >= 0.6 is 0 Å². The molecule has 0 aromatic carbocycles. The Morgan fingerprint density at radius 2 is 1.95 bits per heavy atom. The van der Waals surface area contributed by atoms with Crippen molar-refractivity contribution in [2.45, 2.75) is 33.2 Å². The largest absolute Gasteiger partial charge is 0.465 e. The van der Waals surface area contributed by atoms with Crippen molar-refractivity contribution in [2.75, 3.05) is 40.0 Å². The van der Waals surface area contributed by atoms with Gasteiger partial charge in [0.2, 0.25) is 5.91 Å². The van der Waals surface area contributed by atoms with Crippen molar-refractivity contribution in [2.24, 2.45) is 0 Å². The molecule has 0 aliphatic rings. The molecule has 0 spiro atoms. The Morgan fingerprint density at radius 3 is 2.47 bits per heavy atom. The lowest BCUT2D eigenvalue weighted by atomic mass is 10.3. The second-order valence-corrected chi connectivity index (χ2v) is 4.50. The maximum atomic E-state index is 11.7. The molecular weight excluding hydrogens is 248 g/mol. The molecule has 112 valence electrons. The summed E-state index contributed by atoms with van der Waals surface area (Å²) < 4.78 is 9.79. The van der Waals surface area contributed by atoms with E-state index in [1.807, 2.05) is 13.8 Å². The van der Waals surface area contributed by atoms with Gasteiger partial charge in [0.15, 0.2) is 0 Å². The lowest BCUT2D eigenvalue weighted by molar-refractivity contribution is -0.145. The Balaban J connectivity index is 4.04. The van der Waals surface area contributed by atoms with E-state index in [0.29, 0.717) is 19.8 Å². The Labute approximate surface area is 115 Å². The maximum Gasteiger partial charge on any atom is 0.320 e. The lowest BCUT2D eigenvalue weighted by Gasteiger charge is -2.24. The molecule has 0 aliphatic carbocycles. The molecule has 0 radical (unpaired) electrons. The molecule has 0 saturated carbocycles. The van der Waals surface area contributed by atoms with Crippen molar-refractivity contribution in [1.29, 1.82) is 0 Å². The molecular formula is C13H26N2O4. The minimum Gasteiger partial charge on any atom is -0.465 e. The van der Waals surface area contributed by atoms with Gasteiger partial charge in [0, 0.05) is 26.3 Å². The van der Waals surface area contributed by atoms with Crippen molar-refractivity contribution < 1.29 is 19.1 Å². The minimum atomic E-state index is -0.302. The summed E-state index contributed by atoms with van der Waals surface area (Å²) in [6.07, 6.45) is 0.780. The normalized spacial score (nSPS) is 10.8. The van der Waals surface area contributed by atoms with Crippen molar-refractivity contribution >= 4 is 11.9 Å². The molecule has 0 aliphatic heterocycles. The molecule has 0 aromatic heterocycles. The third kappa shape index (κ3) is 9.44. The zero-order valence-corrected chi connectivity index (χ0v) is 12.4. The number of nitrogens with zero attached hydrogens (tertiary/aromatic N) is 1. The number of methoxy groups -OCH3 is 1. The van der Waals surface area contributed by atoms with Crippen molar-refractivity contribution in [3.63, 3.8) is 0 Å². The van der Waals surface area contributed by atoms with E-state index in [-0.39, 0.29) is 31.0 Å². The number of esters is 1. The van der Waals surface area contributed by atoms with Gasteiger partial charge in [0.25, 0.3) is 0 Å². The molecule has 0 fully saturated rings. The molecule has 1 amide bonds. The number of ether oxygens (including phenoxy) is 2. The van der Waals surface area contributed by atoms with Gasteiger partial charge in [-0.25, -0.2) is 0 Å². The van der Waals surface area contributed by atoms with Crippen molar-refractivity contribution in [3.05, 3.63) is 0 Å². The van der Waals surface area contributed by atoms with E-state index in [9.17, 15) is 9.59 Å². The van der Waals surface area contributed by atoms with Crippen LogP contribution in [0, 0.1) is 0 Å². The van der Waals surface area contributed by atoms with E-state index in [1.54, 1.807) is 18.9 Å². The van der Waals surface area contributed by atoms with Crippen LogP contribution in [0.25, 0.3) is 0 Å². The molecule has 0 heterocycles. The van der Waals surface area contributed by atoms with Gasteiger partial charge in [-0.05, 0) is 27.2 Å². The van der Waals surface area contributed by atoms with Crippen molar-refractivity contribution in [3.8, 4) is 0 Å². The van der Waals surface area contributed by atoms with Crippen LogP contribution in [-0.2, 0) is 19.1 Å². The number of carbonyl (C=O) groups is 2. The van der Waals surface area contributed by atoms with E-state index < -0.39 is 0 Å². The summed E-state index contributed by atoms with van der Waals surface area (Å²) in [4.78, 5) is 24.9. The summed E-state index contributed by atoms with van der Waals surface area (Å²) in [7, 11) is 1.63. The molecule has 0 aromatic rings. The SMILES string of the molecule is CCOC(=O)CN(CC(=O)NCCCOC)C(C)C. The molecule has 6 nitrogen and oxygen atoms in total. The fourth-order valence-corrected chi connectivity index (χ4v) is 1.48. The highest BCUT2D eigenvalue weighted by molar-refractivity contribution is 5.79. The maximum absolute atomic E-state index is 11.7. The zero-order valence-electron chi connectivity index (χ0n) is 12.4. The summed E-state index contributed by atoms with van der Waals surface area (Å²) >= 11 is 0. The number of rotatable bonds is 10. The highest BCUT2D eigenvalue weighted by Crippen LogP contribution is 1.98. The monoisotopic (exact) mass is 274 g/mol. The first-order valence-corrected chi connectivity index (χ1v) is 6.66. The average Bonchev–Trinajstić information content (AvgIpc) is 2.34. The Hall–Kier alpha value is -1.14. The summed E-state index contributed by atoms with van der Waals surface area (Å²) in [5, 5.41) is 2.80. The first kappa shape index (κ1) is 17.9. The number of hydrogen-bond donors (Lipinski definition) is 1. The lowest BCUT2D eigenvalue weighted by Crippen LogP contribution is -2.44. The van der Waals surface area contributed by atoms with Gasteiger partial charge >= 0.3 is 5.97 Å². The molecule has 1 N–H and O–H groups in total. The number of nitrogens with one attached hydrogen (secondary N) is 1. The van der Waals surface area contributed by atoms with Crippen LogP contribution in [0.4, 0.5) is 0 Å². The van der Waals surface area contributed by atoms with Crippen LogP contribution in [0.1, 0.15) is 27.2 Å². The summed E-state index contributed by atoms with van der Waals surface area (Å²) in [6.45, 7) is 7.54. The summed E-state index contributed by atoms with van der Waals surface area (Å²) in [6, 6.07) is 0.106. The quantitative estimate of drug-likeness (QED) is 0.462. The van der Waals surface area contributed by atoms with Gasteiger partial charge in [-0.15, -0.1) is 0 Å². The highest BCUT2D eigenvalue weighted by Gasteiger charge is 2.17. The van der Waals surface area contributed by atoms with E-state index in [0.717, 1.165) is 6.42 Å². The van der Waals surface area contributed by atoms with Gasteiger partial charge in [-0.3, -0.25) is 14.5 Å². The van der Waals surface area contributed by atoms with E-state index in [1.165, 1.54) is 0 Å². The van der Waals surface area contributed by atoms with E-state index in [2.05, 4.69) is 5.32 Å². The number of hydrogen-bond acceptors (Lipinski definition) is 5. The first-order chi connectivity index (χ1) is 9.01. The minimum absolute atomic E-state index is 0.0888. The van der Waals surface area contributed by atoms with Crippen molar-refractivity contribution in [1.82, 2.24) is 10.2 Å². The predicted molar refractivity (Wildman–Crippen MR) is 72.8 cm³/mol. The van der Waals surface area contributed by atoms with Gasteiger partial charge < -0.3 is 14.8 Å². The standard InChI is InChI=1S/C13H26N2O4/c1-5-19-13(17)10-15(11(2)3)9-12(16)14-7-6-8-18-4/h11H,5-10H2,1-4H3,(H,14,16). The number of amides is 1. The third-order valence-corrected chi connectivity index (χ3v) is 2.56. The van der Waals surface area contributed by atoms with Crippen LogP contribution in [-0.4, -0.2) is 62.8 Å². The van der Waals surface area contributed by atoms with Crippen LogP contribution in [0.15, 0.2) is 0 Å². The van der Waals surface area contributed by atoms with Gasteiger partial charge in [-0.1, -0.05) is 0 Å². The van der Waals surface area contributed by atoms with E-state index in [4.69, 9.17) is 9.47 Å². The predicted octanol–water partition coefficient (Wildman–Crippen LogP) is 0.413. The average molecular weight is 274 g/mol. The molecule has 0 saturated heterocycles. The highest BCUT2D eigenvalue weighted by atomic mass is 16.5. The Morgan fingerprint density at radius 1 is 1.26 bits per heavy atom. The molecule has 0 bridgehead atoms. The fraction of sp³-hybridized carbons (Fsp3) is 0.846. The molecule has 0 atom stereocenters. The molecule has 0 rings (SSSR count). The molecule has 6 heteroatoms. The van der Waals surface area contributed by atoms with Crippen LogP contribution < -0.4 is 5.32 Å². The van der Waals surface area contributed by atoms with Crippen LogP contribution in [0.5, 0.6) is 0 Å². The molecule has 0 unspecified atom stereocenters. The van der Waals surface area contributed by atoms with E-state index >= 15 is 0 Å². The smallest absolute Gasteiger partial charge is 0.320 e. The van der Waals surface area contributed by atoms with Gasteiger partial charge in [0.1, 0.15) is 0 Å².